The molecule has 5 rings (SSSR count). The molecule has 3 heterocycles. The molecule has 3 aromatic rings. The highest BCUT2D eigenvalue weighted by molar-refractivity contribution is 5.93. The third-order valence-corrected chi connectivity index (χ3v) is 8.24. The molecule has 2 fully saturated rings. The number of ether oxygens (including phenoxy) is 3. The number of aromatic nitrogens is 1. The quantitative estimate of drug-likeness (QED) is 0.370. The van der Waals surface area contributed by atoms with Crippen LogP contribution < -0.4 is 14.4 Å². The van der Waals surface area contributed by atoms with E-state index in [9.17, 15) is 0 Å². The molecule has 0 bridgehead atoms. The fourth-order valence-corrected chi connectivity index (χ4v) is 6.12. The van der Waals surface area contributed by atoms with E-state index in [-0.39, 0.29) is 0 Å². The second-order valence-corrected chi connectivity index (χ2v) is 10.9. The van der Waals surface area contributed by atoms with Gasteiger partial charge in [-0.3, -0.25) is 4.90 Å². The Hall–Kier alpha value is -2.70. The van der Waals surface area contributed by atoms with Gasteiger partial charge in [-0.05, 0) is 86.0 Å². The maximum Gasteiger partial charge on any atom is 0.161 e. The summed E-state index contributed by atoms with van der Waals surface area (Å²) in [5, 5.41) is 1.32. The molecular formula is C31H43N3O3. The van der Waals surface area contributed by atoms with E-state index >= 15 is 0 Å². The van der Waals surface area contributed by atoms with Crippen molar-refractivity contribution < 1.29 is 14.2 Å². The summed E-state index contributed by atoms with van der Waals surface area (Å²) in [5.74, 6) is 2.75. The Morgan fingerprint density at radius 3 is 2.41 bits per heavy atom. The smallest absolute Gasteiger partial charge is 0.161 e. The number of methoxy groups -OCH3 is 2. The number of piperidine rings is 1. The molecule has 0 amide bonds. The molecule has 0 atom stereocenters. The lowest BCUT2D eigenvalue weighted by Crippen LogP contribution is -2.37. The first-order valence-corrected chi connectivity index (χ1v) is 14.0. The first kappa shape index (κ1) is 25.9. The van der Waals surface area contributed by atoms with Crippen molar-refractivity contribution in [1.29, 1.82) is 0 Å². The van der Waals surface area contributed by atoms with Gasteiger partial charge in [0.25, 0.3) is 0 Å². The van der Waals surface area contributed by atoms with Gasteiger partial charge in [0.2, 0.25) is 0 Å². The summed E-state index contributed by atoms with van der Waals surface area (Å²) in [6, 6.07) is 13.1. The van der Waals surface area contributed by atoms with Crippen LogP contribution in [0.4, 0.5) is 5.69 Å². The predicted molar refractivity (Wildman–Crippen MR) is 152 cm³/mol. The minimum absolute atomic E-state index is 0.393. The zero-order valence-corrected chi connectivity index (χ0v) is 23.0. The van der Waals surface area contributed by atoms with E-state index < -0.39 is 0 Å². The zero-order valence-electron chi connectivity index (χ0n) is 23.0. The van der Waals surface area contributed by atoms with Gasteiger partial charge in [0, 0.05) is 48.3 Å². The van der Waals surface area contributed by atoms with Crippen molar-refractivity contribution in [2.75, 3.05) is 65.1 Å². The van der Waals surface area contributed by atoms with Crippen LogP contribution in [0.2, 0.25) is 0 Å². The number of anilines is 1. The number of hydrogen-bond donors (Lipinski definition) is 1. The second kappa shape index (κ2) is 11.8. The molecule has 37 heavy (non-hydrogen) atoms. The average Bonchev–Trinajstić information content (AvgIpc) is 3.33. The number of nitrogens with zero attached hydrogens (tertiary/aromatic N) is 2. The first-order valence-electron chi connectivity index (χ1n) is 14.0. The van der Waals surface area contributed by atoms with Crippen molar-refractivity contribution in [2.24, 2.45) is 5.92 Å². The van der Waals surface area contributed by atoms with Crippen molar-refractivity contribution in [3.05, 3.63) is 42.0 Å². The highest BCUT2D eigenvalue weighted by atomic mass is 16.5. The first-order chi connectivity index (χ1) is 18.1. The van der Waals surface area contributed by atoms with E-state index in [1.807, 2.05) is 6.07 Å². The summed E-state index contributed by atoms with van der Waals surface area (Å²) in [4.78, 5) is 8.86. The normalized spacial score (nSPS) is 17.6. The van der Waals surface area contributed by atoms with Crippen molar-refractivity contribution in [2.45, 2.75) is 45.4 Å². The lowest BCUT2D eigenvalue weighted by Gasteiger charge is -2.34. The number of fused-ring (bicyclic) bond motifs is 1. The number of morpholine rings is 1. The van der Waals surface area contributed by atoms with Gasteiger partial charge in [-0.25, -0.2) is 0 Å². The van der Waals surface area contributed by atoms with E-state index in [1.54, 1.807) is 14.2 Å². The molecule has 2 aliphatic heterocycles. The lowest BCUT2D eigenvalue weighted by atomic mass is 9.91. The molecule has 200 valence electrons. The topological polar surface area (TPSA) is 50.0 Å². The molecule has 1 N–H and O–H groups in total. The van der Waals surface area contributed by atoms with Crippen molar-refractivity contribution >= 4 is 16.6 Å². The fourth-order valence-electron chi connectivity index (χ4n) is 6.12. The average molecular weight is 506 g/mol. The summed E-state index contributed by atoms with van der Waals surface area (Å²) < 4.78 is 16.5. The molecule has 2 aliphatic rings. The largest absolute Gasteiger partial charge is 0.493 e. The fraction of sp³-hybridized carbons (Fsp3) is 0.548. The highest BCUT2D eigenvalue weighted by Crippen LogP contribution is 2.40. The predicted octanol–water partition coefficient (Wildman–Crippen LogP) is 6.30. The van der Waals surface area contributed by atoms with Crippen LogP contribution in [0, 0.1) is 5.92 Å². The maximum atomic E-state index is 5.58. The lowest BCUT2D eigenvalue weighted by molar-refractivity contribution is 0.0365. The van der Waals surface area contributed by atoms with Crippen molar-refractivity contribution in [3.8, 4) is 22.8 Å². The molecule has 6 nitrogen and oxygen atoms in total. The molecule has 6 heteroatoms. The number of rotatable bonds is 9. The summed E-state index contributed by atoms with van der Waals surface area (Å²) in [5.41, 5.74) is 6.19. The van der Waals surface area contributed by atoms with Gasteiger partial charge < -0.3 is 24.1 Å². The van der Waals surface area contributed by atoms with Gasteiger partial charge in [0.1, 0.15) is 0 Å². The SMILES string of the molecule is COc1ccc(-c2[nH]c3ccc(N4CCC(CCCN5CCOCC5)CC4)cc3c2C(C)C)cc1OC. The van der Waals surface area contributed by atoms with Crippen LogP contribution in [0.3, 0.4) is 0 Å². The molecule has 2 aromatic carbocycles. The molecule has 2 saturated heterocycles. The van der Waals surface area contributed by atoms with Gasteiger partial charge in [0.05, 0.1) is 33.1 Å². The van der Waals surface area contributed by atoms with Crippen LogP contribution in [-0.2, 0) is 4.74 Å². The molecule has 0 spiro atoms. The summed E-state index contributed by atoms with van der Waals surface area (Å²) in [6.07, 6.45) is 5.26. The number of H-pyrrole nitrogens is 1. The molecule has 1 aromatic heterocycles. The highest BCUT2D eigenvalue weighted by Gasteiger charge is 2.22. The monoisotopic (exact) mass is 505 g/mol. The van der Waals surface area contributed by atoms with Crippen LogP contribution in [0.5, 0.6) is 11.5 Å². The van der Waals surface area contributed by atoms with Crippen LogP contribution in [0.1, 0.15) is 51.0 Å². The van der Waals surface area contributed by atoms with Crippen LogP contribution >= 0.6 is 0 Å². The van der Waals surface area contributed by atoms with Gasteiger partial charge in [0.15, 0.2) is 11.5 Å². The third kappa shape index (κ3) is 5.75. The van der Waals surface area contributed by atoms with E-state index in [0.717, 1.165) is 62.4 Å². The molecule has 0 unspecified atom stereocenters. The van der Waals surface area contributed by atoms with E-state index in [4.69, 9.17) is 14.2 Å². The van der Waals surface area contributed by atoms with Crippen LogP contribution in [-0.4, -0.2) is 70.0 Å². The summed E-state index contributed by atoms with van der Waals surface area (Å²) >= 11 is 0. The number of aromatic amines is 1. The van der Waals surface area contributed by atoms with Gasteiger partial charge in [-0.2, -0.15) is 0 Å². The number of hydrogen-bond acceptors (Lipinski definition) is 5. The van der Waals surface area contributed by atoms with E-state index in [2.05, 4.69) is 59.0 Å². The van der Waals surface area contributed by atoms with Gasteiger partial charge >= 0.3 is 0 Å². The Kier molecular flexibility index (Phi) is 8.26. The Labute approximate surface area is 221 Å². The van der Waals surface area contributed by atoms with Gasteiger partial charge in [-0.15, -0.1) is 0 Å². The van der Waals surface area contributed by atoms with Crippen LogP contribution in [0.15, 0.2) is 36.4 Å². The van der Waals surface area contributed by atoms with Gasteiger partial charge in [-0.1, -0.05) is 13.8 Å². The Morgan fingerprint density at radius 1 is 0.946 bits per heavy atom. The van der Waals surface area contributed by atoms with E-state index in [0.29, 0.717) is 5.92 Å². The molecule has 0 radical (unpaired) electrons. The zero-order chi connectivity index (χ0) is 25.8. The summed E-state index contributed by atoms with van der Waals surface area (Å²) in [6.45, 7) is 12.1. The third-order valence-electron chi connectivity index (χ3n) is 8.24. The number of nitrogens with one attached hydrogen (secondary N) is 1. The second-order valence-electron chi connectivity index (χ2n) is 10.9. The minimum Gasteiger partial charge on any atom is -0.493 e. The Bertz CT molecular complexity index is 1170. The summed E-state index contributed by atoms with van der Waals surface area (Å²) in [7, 11) is 3.37. The molecular weight excluding hydrogens is 462 g/mol. The number of benzene rings is 2. The van der Waals surface area contributed by atoms with Crippen molar-refractivity contribution in [1.82, 2.24) is 9.88 Å². The Morgan fingerprint density at radius 2 is 1.70 bits per heavy atom. The standard InChI is InChI=1S/C31H43N3O3/c1-22(2)30-26-21-25(34-14-11-23(12-15-34)6-5-13-33-16-18-37-19-17-33)8-9-27(26)32-31(30)24-7-10-28(35-3)29(20-24)36-4/h7-10,20-23,32H,5-6,11-19H2,1-4H3. The van der Waals surface area contributed by atoms with E-state index in [1.165, 1.54) is 60.1 Å². The molecule has 0 saturated carbocycles. The minimum atomic E-state index is 0.393. The van der Waals surface area contributed by atoms with Crippen molar-refractivity contribution in [3.63, 3.8) is 0 Å². The maximum absolute atomic E-state index is 5.58. The van der Waals surface area contributed by atoms with Crippen LogP contribution in [0.25, 0.3) is 22.2 Å². The Balaban J connectivity index is 1.29. The molecule has 0 aliphatic carbocycles.